The fourth-order valence-corrected chi connectivity index (χ4v) is 1.54. The predicted molar refractivity (Wildman–Crippen MR) is 75.0 cm³/mol. The normalized spacial score (nSPS) is 9.62. The van der Waals surface area contributed by atoms with Gasteiger partial charge in [0.25, 0.3) is 5.91 Å². The summed E-state index contributed by atoms with van der Waals surface area (Å²) < 4.78 is 13.8. The lowest BCUT2D eigenvalue weighted by atomic mass is 10.2. The van der Waals surface area contributed by atoms with Gasteiger partial charge in [-0.05, 0) is 24.3 Å². The Morgan fingerprint density at radius 2 is 2.19 bits per heavy atom. The second kappa shape index (κ2) is 7.12. The highest BCUT2D eigenvalue weighted by molar-refractivity contribution is 6.03. The number of nitrogens with one attached hydrogen (secondary N) is 1. The summed E-state index contributed by atoms with van der Waals surface area (Å²) in [5, 5.41) is 18.3. The van der Waals surface area contributed by atoms with Gasteiger partial charge in [-0.1, -0.05) is 11.8 Å². The van der Waals surface area contributed by atoms with Crippen LogP contribution in [-0.2, 0) is 0 Å². The van der Waals surface area contributed by atoms with E-state index in [0.29, 0.717) is 11.3 Å². The third-order valence-corrected chi connectivity index (χ3v) is 2.53. The summed E-state index contributed by atoms with van der Waals surface area (Å²) in [6.45, 7) is -0.0667. The summed E-state index contributed by atoms with van der Waals surface area (Å²) in [6, 6.07) is 5.72. The molecular formula is C15H12FN3O2. The van der Waals surface area contributed by atoms with E-state index in [4.69, 9.17) is 5.11 Å². The van der Waals surface area contributed by atoms with Gasteiger partial charge in [-0.2, -0.15) is 10.2 Å². The summed E-state index contributed by atoms with van der Waals surface area (Å²) in [4.78, 5) is 11.9. The molecular weight excluding hydrogens is 273 g/mol. The maximum atomic E-state index is 13.8. The number of anilines is 1. The highest BCUT2D eigenvalue weighted by Crippen LogP contribution is 2.14. The zero-order valence-electron chi connectivity index (χ0n) is 11.0. The van der Waals surface area contributed by atoms with Crippen molar-refractivity contribution >= 4 is 11.6 Å². The second-order valence-corrected chi connectivity index (χ2v) is 4.06. The zero-order valence-corrected chi connectivity index (χ0v) is 11.0. The largest absolute Gasteiger partial charge is 0.395 e. The molecule has 1 amide bonds. The van der Waals surface area contributed by atoms with E-state index in [0.717, 1.165) is 0 Å². The number of aliphatic hydroxyl groups excluding tert-OH is 1. The van der Waals surface area contributed by atoms with Gasteiger partial charge in [0, 0.05) is 12.1 Å². The molecule has 0 saturated carbocycles. The van der Waals surface area contributed by atoms with Gasteiger partial charge in [-0.3, -0.25) is 4.79 Å². The lowest BCUT2D eigenvalue weighted by Crippen LogP contribution is -2.12. The van der Waals surface area contributed by atoms with Crippen LogP contribution in [0.3, 0.4) is 0 Å². The van der Waals surface area contributed by atoms with Crippen LogP contribution in [0.4, 0.5) is 10.1 Å². The number of benzene rings is 1. The topological polar surface area (TPSA) is 75.1 Å². The quantitative estimate of drug-likeness (QED) is 0.840. The SMILES string of the molecule is O=C(Nc1ccc(C#CCCO)c(F)c1)c1ccnnc1. The highest BCUT2D eigenvalue weighted by Gasteiger charge is 2.07. The Morgan fingerprint density at radius 3 is 2.86 bits per heavy atom. The van der Waals surface area contributed by atoms with Gasteiger partial charge in [-0.25, -0.2) is 4.39 Å². The van der Waals surface area contributed by atoms with Crippen molar-refractivity contribution in [1.29, 1.82) is 0 Å². The van der Waals surface area contributed by atoms with Crippen LogP contribution in [-0.4, -0.2) is 27.8 Å². The lowest BCUT2D eigenvalue weighted by Gasteiger charge is -2.05. The number of aliphatic hydroxyl groups is 1. The van der Waals surface area contributed by atoms with Crippen LogP contribution in [0.15, 0.2) is 36.7 Å². The van der Waals surface area contributed by atoms with Crippen molar-refractivity contribution < 1.29 is 14.3 Å². The fourth-order valence-electron chi connectivity index (χ4n) is 1.54. The number of amides is 1. The number of halogens is 1. The van der Waals surface area contributed by atoms with Crippen molar-refractivity contribution in [3.05, 3.63) is 53.6 Å². The molecule has 0 unspecified atom stereocenters. The Balaban J connectivity index is 2.11. The number of carbonyl (C=O) groups excluding carboxylic acids is 1. The van der Waals surface area contributed by atoms with Crippen LogP contribution in [0.5, 0.6) is 0 Å². The van der Waals surface area contributed by atoms with Gasteiger partial charge >= 0.3 is 0 Å². The van der Waals surface area contributed by atoms with E-state index in [-0.39, 0.29) is 18.6 Å². The summed E-state index contributed by atoms with van der Waals surface area (Å²) in [5.74, 6) is 4.31. The van der Waals surface area contributed by atoms with E-state index in [1.807, 2.05) is 0 Å². The molecule has 0 bridgehead atoms. The van der Waals surface area contributed by atoms with Crippen molar-refractivity contribution in [2.75, 3.05) is 11.9 Å². The molecule has 6 heteroatoms. The minimum Gasteiger partial charge on any atom is -0.395 e. The van der Waals surface area contributed by atoms with Crippen LogP contribution in [0.25, 0.3) is 0 Å². The average Bonchev–Trinajstić information content (AvgIpc) is 2.50. The van der Waals surface area contributed by atoms with E-state index in [2.05, 4.69) is 27.4 Å². The van der Waals surface area contributed by atoms with Gasteiger partial charge in [-0.15, -0.1) is 0 Å². The molecule has 0 aliphatic carbocycles. The van der Waals surface area contributed by atoms with E-state index in [1.54, 1.807) is 6.07 Å². The molecule has 0 radical (unpaired) electrons. The van der Waals surface area contributed by atoms with Crippen LogP contribution in [0.2, 0.25) is 0 Å². The number of hydrogen-bond acceptors (Lipinski definition) is 4. The summed E-state index contributed by atoms with van der Waals surface area (Å²) in [7, 11) is 0. The van der Waals surface area contributed by atoms with E-state index in [1.165, 1.54) is 30.6 Å². The smallest absolute Gasteiger partial charge is 0.257 e. The van der Waals surface area contributed by atoms with Crippen molar-refractivity contribution in [1.82, 2.24) is 10.2 Å². The van der Waals surface area contributed by atoms with Gasteiger partial charge < -0.3 is 10.4 Å². The first-order chi connectivity index (χ1) is 10.2. The molecule has 1 aromatic heterocycles. The van der Waals surface area contributed by atoms with E-state index < -0.39 is 11.7 Å². The molecule has 106 valence electrons. The van der Waals surface area contributed by atoms with Gasteiger partial charge in [0.2, 0.25) is 0 Å². The van der Waals surface area contributed by atoms with Crippen molar-refractivity contribution in [3.8, 4) is 11.8 Å². The summed E-state index contributed by atoms with van der Waals surface area (Å²) in [5.41, 5.74) is 0.867. The molecule has 0 spiro atoms. The lowest BCUT2D eigenvalue weighted by molar-refractivity contribution is 0.102. The maximum absolute atomic E-state index is 13.8. The Kier molecular flexibility index (Phi) is 4.96. The average molecular weight is 285 g/mol. The van der Waals surface area contributed by atoms with Crippen LogP contribution < -0.4 is 5.32 Å². The third kappa shape index (κ3) is 4.09. The van der Waals surface area contributed by atoms with Crippen LogP contribution >= 0.6 is 0 Å². The summed E-state index contributed by atoms with van der Waals surface area (Å²) >= 11 is 0. The molecule has 0 fully saturated rings. The number of nitrogens with zero attached hydrogens (tertiary/aromatic N) is 2. The molecule has 0 saturated heterocycles. The maximum Gasteiger partial charge on any atom is 0.257 e. The van der Waals surface area contributed by atoms with Crippen LogP contribution in [0, 0.1) is 17.7 Å². The monoisotopic (exact) mass is 285 g/mol. The highest BCUT2D eigenvalue weighted by atomic mass is 19.1. The molecule has 5 nitrogen and oxygen atoms in total. The van der Waals surface area contributed by atoms with Gasteiger partial charge in [0.05, 0.1) is 30.1 Å². The Morgan fingerprint density at radius 1 is 1.33 bits per heavy atom. The molecule has 0 aliphatic heterocycles. The first kappa shape index (κ1) is 14.6. The Hall–Kier alpha value is -2.78. The molecule has 2 rings (SSSR count). The number of carbonyl (C=O) groups is 1. The van der Waals surface area contributed by atoms with Gasteiger partial charge in [0.1, 0.15) is 5.82 Å². The molecule has 1 aromatic carbocycles. The third-order valence-electron chi connectivity index (χ3n) is 2.53. The molecule has 2 N–H and O–H groups in total. The first-order valence-electron chi connectivity index (χ1n) is 6.18. The summed E-state index contributed by atoms with van der Waals surface area (Å²) in [6.07, 6.45) is 3.00. The second-order valence-electron chi connectivity index (χ2n) is 4.06. The molecule has 0 atom stereocenters. The predicted octanol–water partition coefficient (Wildman–Crippen LogP) is 1.60. The zero-order chi connectivity index (χ0) is 15.1. The molecule has 21 heavy (non-hydrogen) atoms. The first-order valence-corrected chi connectivity index (χ1v) is 6.18. The number of hydrogen-bond donors (Lipinski definition) is 2. The van der Waals surface area contributed by atoms with Crippen molar-refractivity contribution in [2.24, 2.45) is 0 Å². The van der Waals surface area contributed by atoms with Crippen molar-refractivity contribution in [2.45, 2.75) is 6.42 Å². The fraction of sp³-hybridized carbons (Fsp3) is 0.133. The minimum absolute atomic E-state index is 0.0667. The minimum atomic E-state index is -0.536. The molecule has 0 aliphatic rings. The Labute approximate surface area is 120 Å². The molecule has 2 aromatic rings. The number of rotatable bonds is 3. The van der Waals surface area contributed by atoms with Gasteiger partial charge in [0.15, 0.2) is 0 Å². The number of aromatic nitrogens is 2. The standard InChI is InChI=1S/C15H12FN3O2/c16-14-9-13(5-4-11(14)3-1-2-8-20)19-15(21)12-6-7-17-18-10-12/h4-7,9-10,20H,2,8H2,(H,19,21). The van der Waals surface area contributed by atoms with E-state index in [9.17, 15) is 9.18 Å². The Bertz CT molecular complexity index is 693. The molecule has 1 heterocycles. The van der Waals surface area contributed by atoms with Crippen LogP contribution in [0.1, 0.15) is 22.3 Å². The van der Waals surface area contributed by atoms with E-state index >= 15 is 0 Å². The van der Waals surface area contributed by atoms with Crippen molar-refractivity contribution in [3.63, 3.8) is 0 Å².